The van der Waals surface area contributed by atoms with Gasteiger partial charge in [0.25, 0.3) is 0 Å². The molecule has 1 unspecified atom stereocenters. The average molecular weight is 227 g/mol. The maximum Gasteiger partial charge on any atom is 0.0563 e. The van der Waals surface area contributed by atoms with Crippen LogP contribution < -0.4 is 0 Å². The summed E-state index contributed by atoms with van der Waals surface area (Å²) in [6.07, 6.45) is 3.04. The van der Waals surface area contributed by atoms with Crippen LogP contribution in [0.15, 0.2) is 0 Å². The van der Waals surface area contributed by atoms with E-state index in [2.05, 4.69) is 6.92 Å². The van der Waals surface area contributed by atoms with Crippen molar-refractivity contribution in [2.45, 2.75) is 33.1 Å². The van der Waals surface area contributed by atoms with E-state index in [1.54, 1.807) is 0 Å². The summed E-state index contributed by atoms with van der Waals surface area (Å²) in [6, 6.07) is 0. The molecule has 0 radical (unpaired) electrons. The Morgan fingerprint density at radius 1 is 1.17 bits per heavy atom. The fraction of sp³-hybridized carbons (Fsp3) is 1.00. The van der Waals surface area contributed by atoms with Crippen LogP contribution in [0.5, 0.6) is 0 Å². The second kappa shape index (κ2) is 7.34. The van der Waals surface area contributed by atoms with Crippen LogP contribution in [0.25, 0.3) is 0 Å². The van der Waals surface area contributed by atoms with Crippen LogP contribution >= 0.6 is 5.69 Å². The highest BCUT2D eigenvalue weighted by atomic mass is 32.9. The predicted octanol–water partition coefficient (Wildman–Crippen LogP) is 3.00. The summed E-state index contributed by atoms with van der Waals surface area (Å²) < 4.78 is 10.5. The predicted molar refractivity (Wildman–Crippen MR) is 58.8 cm³/mol. The third kappa shape index (κ3) is 7.56. The van der Waals surface area contributed by atoms with E-state index < -0.39 is 5.69 Å². The molecule has 0 saturated heterocycles. The molecule has 0 fully saturated rings. The summed E-state index contributed by atoms with van der Waals surface area (Å²) in [5.74, 6) is 0. The first kappa shape index (κ1) is 12.9. The van der Waals surface area contributed by atoms with Gasteiger partial charge in [0, 0.05) is 0 Å². The molecule has 74 valence electrons. The highest BCUT2D eigenvalue weighted by Crippen LogP contribution is 2.45. The molecule has 0 spiro atoms. The largest absolute Gasteiger partial charge is 0.691 e. The van der Waals surface area contributed by atoms with E-state index in [-0.39, 0.29) is 0 Å². The lowest BCUT2D eigenvalue weighted by Gasteiger charge is -2.27. The highest BCUT2D eigenvalue weighted by Gasteiger charge is 1.99. The van der Waals surface area contributed by atoms with Gasteiger partial charge in [-0.1, -0.05) is 32.1 Å². The molecule has 0 aliphatic heterocycles. The summed E-state index contributed by atoms with van der Waals surface area (Å²) in [6.45, 7) is 5.38. The van der Waals surface area contributed by atoms with Crippen LogP contribution in [-0.4, -0.2) is 13.2 Å². The zero-order valence-electron chi connectivity index (χ0n) is 7.62. The zero-order valence-corrected chi connectivity index (χ0v) is 10.1. The molecule has 0 rings (SSSR count). The molecular weight excluding hydrogens is 211 g/mol. The number of hydrogen-bond acceptors (Lipinski definition) is 4. The molecular formula is C7H16O2PS2-. The molecule has 0 bridgehead atoms. The quantitative estimate of drug-likeness (QED) is 0.378. The van der Waals surface area contributed by atoms with Gasteiger partial charge in [0.15, 0.2) is 0 Å². The van der Waals surface area contributed by atoms with Gasteiger partial charge in [0.2, 0.25) is 0 Å². The Bertz CT molecular complexity index is 152. The SMILES string of the molecule is CCCCOP(=S)([S-])OCCC. The van der Waals surface area contributed by atoms with E-state index in [1.165, 1.54) is 0 Å². The smallest absolute Gasteiger partial charge is 0.0563 e. The molecule has 0 saturated carbocycles. The van der Waals surface area contributed by atoms with Gasteiger partial charge in [-0.2, -0.15) is 0 Å². The Labute approximate surface area is 85.4 Å². The molecule has 0 aliphatic rings. The fourth-order valence-corrected chi connectivity index (χ4v) is 2.29. The van der Waals surface area contributed by atoms with Crippen molar-refractivity contribution in [3.63, 3.8) is 0 Å². The van der Waals surface area contributed by atoms with E-state index >= 15 is 0 Å². The first-order valence-corrected chi connectivity index (χ1v) is 7.87. The summed E-state index contributed by atoms with van der Waals surface area (Å²) in [5, 5.41) is 0. The third-order valence-electron chi connectivity index (χ3n) is 1.20. The van der Waals surface area contributed by atoms with Crippen molar-refractivity contribution in [3.05, 3.63) is 0 Å². The second-order valence-electron chi connectivity index (χ2n) is 2.47. The van der Waals surface area contributed by atoms with Gasteiger partial charge in [0.05, 0.1) is 18.9 Å². The van der Waals surface area contributed by atoms with Gasteiger partial charge < -0.3 is 21.3 Å². The van der Waals surface area contributed by atoms with Gasteiger partial charge in [0.1, 0.15) is 0 Å². The van der Waals surface area contributed by atoms with Gasteiger partial charge in [-0.25, -0.2) is 0 Å². The lowest BCUT2D eigenvalue weighted by molar-refractivity contribution is 0.256. The number of rotatable bonds is 7. The first-order valence-electron chi connectivity index (χ1n) is 4.22. The van der Waals surface area contributed by atoms with Gasteiger partial charge in [-0.3, -0.25) is 0 Å². The molecule has 1 atom stereocenters. The normalized spacial score (nSPS) is 15.9. The maximum absolute atomic E-state index is 5.29. The van der Waals surface area contributed by atoms with Gasteiger partial charge >= 0.3 is 0 Å². The molecule has 0 aromatic rings. The van der Waals surface area contributed by atoms with E-state index in [1.807, 2.05) is 6.92 Å². The fourth-order valence-electron chi connectivity index (χ4n) is 0.561. The van der Waals surface area contributed by atoms with Crippen LogP contribution in [0.4, 0.5) is 0 Å². The molecule has 0 N–H and O–H groups in total. The van der Waals surface area contributed by atoms with Crippen molar-refractivity contribution < 1.29 is 9.05 Å². The minimum Gasteiger partial charge on any atom is -0.691 e. The first-order chi connectivity index (χ1) is 5.62. The van der Waals surface area contributed by atoms with Gasteiger partial charge in [-0.15, -0.1) is 0 Å². The Kier molecular flexibility index (Phi) is 7.90. The van der Waals surface area contributed by atoms with Crippen molar-refractivity contribution in [3.8, 4) is 0 Å². The van der Waals surface area contributed by atoms with Crippen molar-refractivity contribution in [1.82, 2.24) is 0 Å². The van der Waals surface area contributed by atoms with E-state index in [9.17, 15) is 0 Å². The van der Waals surface area contributed by atoms with E-state index in [0.29, 0.717) is 13.2 Å². The van der Waals surface area contributed by atoms with E-state index in [0.717, 1.165) is 19.3 Å². The van der Waals surface area contributed by atoms with Gasteiger partial charge in [-0.05, 0) is 12.8 Å². The maximum atomic E-state index is 5.29. The Morgan fingerprint density at radius 2 is 1.75 bits per heavy atom. The molecule has 2 nitrogen and oxygen atoms in total. The average Bonchev–Trinajstić information content (AvgIpc) is 2.01. The Morgan fingerprint density at radius 3 is 2.25 bits per heavy atom. The minimum absolute atomic E-state index is 0.618. The van der Waals surface area contributed by atoms with Crippen LogP contribution in [0.1, 0.15) is 33.1 Å². The Balaban J connectivity index is 3.49. The lowest BCUT2D eigenvalue weighted by Crippen LogP contribution is -1.95. The van der Waals surface area contributed by atoms with Crippen molar-refractivity contribution in [1.29, 1.82) is 0 Å². The summed E-state index contributed by atoms with van der Waals surface area (Å²) >= 11 is 10.0. The third-order valence-corrected chi connectivity index (χ3v) is 3.46. The summed E-state index contributed by atoms with van der Waals surface area (Å²) in [7, 11) is 0. The lowest BCUT2D eigenvalue weighted by atomic mass is 10.4. The second-order valence-corrected chi connectivity index (χ2v) is 7.46. The molecule has 5 heteroatoms. The molecule has 0 aromatic carbocycles. The van der Waals surface area contributed by atoms with Crippen LogP contribution in [0.3, 0.4) is 0 Å². The molecule has 0 amide bonds. The van der Waals surface area contributed by atoms with Crippen LogP contribution in [-0.2, 0) is 33.1 Å². The van der Waals surface area contributed by atoms with E-state index in [4.69, 9.17) is 33.1 Å². The standard InChI is InChI=1S/C7H17O2PS2/c1-3-5-7-9-10(11,12)8-6-4-2/h3-7H2,1-2H3,(H,11,12)/p-1. The number of hydrogen-bond donors (Lipinski definition) is 0. The molecule has 12 heavy (non-hydrogen) atoms. The molecule has 0 heterocycles. The highest BCUT2D eigenvalue weighted by molar-refractivity contribution is 8.51. The number of unbranched alkanes of at least 4 members (excludes halogenated alkanes) is 1. The molecule has 0 aliphatic carbocycles. The van der Waals surface area contributed by atoms with Crippen molar-refractivity contribution in [2.75, 3.05) is 13.2 Å². The summed E-state index contributed by atoms with van der Waals surface area (Å²) in [5.41, 5.74) is -2.32. The van der Waals surface area contributed by atoms with Crippen molar-refractivity contribution >= 4 is 29.7 Å². The monoisotopic (exact) mass is 227 g/mol. The Hall–Kier alpha value is 0.920. The van der Waals surface area contributed by atoms with Crippen molar-refractivity contribution in [2.24, 2.45) is 0 Å². The van der Waals surface area contributed by atoms with Crippen LogP contribution in [0, 0.1) is 0 Å². The zero-order chi connectivity index (χ0) is 9.45. The molecule has 0 aromatic heterocycles. The minimum atomic E-state index is -2.32. The summed E-state index contributed by atoms with van der Waals surface area (Å²) in [4.78, 5) is 0. The van der Waals surface area contributed by atoms with Crippen LogP contribution in [0.2, 0.25) is 0 Å². The topological polar surface area (TPSA) is 18.5 Å².